The molecule has 106 valence electrons. The van der Waals surface area contributed by atoms with Crippen LogP contribution in [0.25, 0.3) is 0 Å². The Bertz CT molecular complexity index is 374. The summed E-state index contributed by atoms with van der Waals surface area (Å²) in [6.45, 7) is 0.496. The van der Waals surface area contributed by atoms with Crippen LogP contribution in [-0.2, 0) is 4.79 Å². The van der Waals surface area contributed by atoms with Crippen molar-refractivity contribution in [2.45, 2.75) is 43.5 Å². The molecule has 1 aromatic rings. The lowest BCUT2D eigenvalue weighted by Gasteiger charge is -2.11. The molecule has 1 fully saturated rings. The van der Waals surface area contributed by atoms with Gasteiger partial charge in [0.25, 0.3) is 0 Å². The number of carbonyl (C=O) groups is 1. The molecule has 0 aromatic carbocycles. The number of thioether (sulfide) groups is 1. The largest absolute Gasteiger partial charge is 0.472 e. The Labute approximate surface area is 117 Å². The molecule has 0 unspecified atom stereocenters. The normalized spacial score (nSPS) is 17.5. The van der Waals surface area contributed by atoms with Crippen LogP contribution in [-0.4, -0.2) is 28.6 Å². The van der Waals surface area contributed by atoms with Crippen LogP contribution in [0.3, 0.4) is 0 Å². The van der Waals surface area contributed by atoms with Crippen molar-refractivity contribution >= 4 is 17.7 Å². The van der Waals surface area contributed by atoms with E-state index in [0.717, 1.165) is 5.56 Å². The predicted octanol–water partition coefficient (Wildman–Crippen LogP) is 2.50. The predicted molar refractivity (Wildman–Crippen MR) is 76.0 cm³/mol. The number of amides is 1. The van der Waals surface area contributed by atoms with Crippen molar-refractivity contribution in [1.29, 1.82) is 0 Å². The minimum absolute atomic E-state index is 0.0660. The lowest BCUT2D eigenvalue weighted by atomic mass is 10.1. The van der Waals surface area contributed by atoms with E-state index in [4.69, 9.17) is 4.42 Å². The zero-order valence-corrected chi connectivity index (χ0v) is 11.8. The second kappa shape index (κ2) is 7.60. The maximum absolute atomic E-state index is 11.6. The fourth-order valence-electron chi connectivity index (χ4n) is 2.28. The van der Waals surface area contributed by atoms with Crippen LogP contribution in [0.1, 0.15) is 43.8 Å². The van der Waals surface area contributed by atoms with E-state index in [1.54, 1.807) is 17.8 Å². The van der Waals surface area contributed by atoms with E-state index in [0.29, 0.717) is 24.0 Å². The van der Waals surface area contributed by atoms with Gasteiger partial charge in [0.1, 0.15) is 0 Å². The first kappa shape index (κ1) is 14.5. The van der Waals surface area contributed by atoms with Crippen molar-refractivity contribution in [2.24, 2.45) is 0 Å². The summed E-state index contributed by atoms with van der Waals surface area (Å²) in [6.07, 6.45) is 8.11. The Morgan fingerprint density at radius 3 is 3.00 bits per heavy atom. The van der Waals surface area contributed by atoms with Crippen molar-refractivity contribution < 1.29 is 14.3 Å². The van der Waals surface area contributed by atoms with Gasteiger partial charge in [-0.3, -0.25) is 4.79 Å². The molecule has 2 N–H and O–H groups in total. The van der Waals surface area contributed by atoms with Gasteiger partial charge in [-0.1, -0.05) is 12.8 Å². The minimum atomic E-state index is -0.568. The molecule has 1 atom stereocenters. The second-order valence-corrected chi connectivity index (χ2v) is 6.22. The van der Waals surface area contributed by atoms with Crippen LogP contribution in [0.15, 0.2) is 23.0 Å². The quantitative estimate of drug-likeness (QED) is 0.807. The Hall–Kier alpha value is -0.940. The highest BCUT2D eigenvalue weighted by Crippen LogP contribution is 2.29. The molecule has 1 amide bonds. The Morgan fingerprint density at radius 2 is 2.32 bits per heavy atom. The Balaban J connectivity index is 1.56. The number of nitrogens with one attached hydrogen (secondary N) is 1. The number of furan rings is 1. The molecular formula is C14H21NO3S. The van der Waals surface area contributed by atoms with Gasteiger partial charge in [-0.05, 0) is 25.3 Å². The molecule has 0 bridgehead atoms. The van der Waals surface area contributed by atoms with Gasteiger partial charge in [-0.15, -0.1) is 11.8 Å². The molecule has 1 aliphatic carbocycles. The van der Waals surface area contributed by atoms with Gasteiger partial charge < -0.3 is 14.8 Å². The average molecular weight is 283 g/mol. The van der Waals surface area contributed by atoms with Gasteiger partial charge >= 0.3 is 0 Å². The first-order chi connectivity index (χ1) is 9.25. The standard InChI is InChI=1S/C14H21NO3S/c16-13(11-6-8-18-9-11)5-7-15-14(17)10-19-12-3-1-2-4-12/h6,8-9,12-13,16H,1-5,7,10H2,(H,15,17)/t13-/m0/s1. The van der Waals surface area contributed by atoms with E-state index in [2.05, 4.69) is 5.32 Å². The molecular weight excluding hydrogens is 262 g/mol. The highest BCUT2D eigenvalue weighted by molar-refractivity contribution is 8.00. The van der Waals surface area contributed by atoms with Gasteiger partial charge in [-0.25, -0.2) is 0 Å². The van der Waals surface area contributed by atoms with Crippen molar-refractivity contribution in [3.8, 4) is 0 Å². The summed E-state index contributed by atoms with van der Waals surface area (Å²) in [5.41, 5.74) is 0.759. The summed E-state index contributed by atoms with van der Waals surface area (Å²) in [7, 11) is 0. The minimum Gasteiger partial charge on any atom is -0.472 e. The molecule has 1 aliphatic rings. The topological polar surface area (TPSA) is 62.5 Å². The van der Waals surface area contributed by atoms with Crippen molar-refractivity contribution in [1.82, 2.24) is 5.32 Å². The third-order valence-electron chi connectivity index (χ3n) is 3.42. The highest BCUT2D eigenvalue weighted by atomic mass is 32.2. The van der Waals surface area contributed by atoms with E-state index < -0.39 is 6.10 Å². The number of hydrogen-bond acceptors (Lipinski definition) is 4. The molecule has 0 saturated heterocycles. The molecule has 1 heterocycles. The van der Waals surface area contributed by atoms with Crippen LogP contribution in [0.5, 0.6) is 0 Å². The molecule has 1 aromatic heterocycles. The Kier molecular flexibility index (Phi) is 5.79. The maximum atomic E-state index is 11.6. The molecule has 0 radical (unpaired) electrons. The number of carbonyl (C=O) groups excluding carboxylic acids is 1. The lowest BCUT2D eigenvalue weighted by Crippen LogP contribution is -2.27. The van der Waals surface area contributed by atoms with Gasteiger partial charge in [0.2, 0.25) is 5.91 Å². The van der Waals surface area contributed by atoms with Gasteiger partial charge in [-0.2, -0.15) is 0 Å². The average Bonchev–Trinajstić information content (AvgIpc) is 3.09. The number of rotatable bonds is 7. The van der Waals surface area contributed by atoms with Crippen LogP contribution in [0.2, 0.25) is 0 Å². The van der Waals surface area contributed by atoms with E-state index in [1.807, 2.05) is 0 Å². The van der Waals surface area contributed by atoms with E-state index in [1.165, 1.54) is 38.2 Å². The van der Waals surface area contributed by atoms with Crippen LogP contribution in [0.4, 0.5) is 0 Å². The first-order valence-electron chi connectivity index (χ1n) is 6.84. The summed E-state index contributed by atoms with van der Waals surface area (Å²) in [6, 6.07) is 1.74. The third-order valence-corrected chi connectivity index (χ3v) is 4.79. The summed E-state index contributed by atoms with van der Waals surface area (Å²) in [4.78, 5) is 11.6. The van der Waals surface area contributed by atoms with E-state index >= 15 is 0 Å². The zero-order chi connectivity index (χ0) is 13.5. The van der Waals surface area contributed by atoms with Crippen molar-refractivity contribution in [3.63, 3.8) is 0 Å². The van der Waals surface area contributed by atoms with Crippen LogP contribution >= 0.6 is 11.8 Å². The zero-order valence-electron chi connectivity index (χ0n) is 11.0. The number of hydrogen-bond donors (Lipinski definition) is 2. The fraction of sp³-hybridized carbons (Fsp3) is 0.643. The van der Waals surface area contributed by atoms with Crippen LogP contribution in [0, 0.1) is 0 Å². The Morgan fingerprint density at radius 1 is 1.53 bits per heavy atom. The highest BCUT2D eigenvalue weighted by Gasteiger charge is 2.16. The lowest BCUT2D eigenvalue weighted by molar-refractivity contribution is -0.118. The van der Waals surface area contributed by atoms with Gasteiger partial charge in [0.05, 0.1) is 24.4 Å². The van der Waals surface area contributed by atoms with Gasteiger partial charge in [0, 0.05) is 17.4 Å². The summed E-state index contributed by atoms with van der Waals surface area (Å²) >= 11 is 1.76. The monoisotopic (exact) mass is 283 g/mol. The number of aliphatic hydroxyl groups excluding tert-OH is 1. The molecule has 19 heavy (non-hydrogen) atoms. The van der Waals surface area contributed by atoms with Crippen molar-refractivity contribution in [2.75, 3.05) is 12.3 Å². The molecule has 5 heteroatoms. The summed E-state index contributed by atoms with van der Waals surface area (Å²) < 4.78 is 4.91. The fourth-order valence-corrected chi connectivity index (χ4v) is 3.43. The molecule has 0 aliphatic heterocycles. The second-order valence-electron chi connectivity index (χ2n) is 4.93. The first-order valence-corrected chi connectivity index (χ1v) is 7.89. The maximum Gasteiger partial charge on any atom is 0.230 e. The smallest absolute Gasteiger partial charge is 0.230 e. The molecule has 2 rings (SSSR count). The SMILES string of the molecule is O=C(CSC1CCCC1)NCC[C@H](O)c1ccoc1. The molecule has 1 saturated carbocycles. The van der Waals surface area contributed by atoms with E-state index in [-0.39, 0.29) is 5.91 Å². The molecule has 0 spiro atoms. The van der Waals surface area contributed by atoms with Gasteiger partial charge in [0.15, 0.2) is 0 Å². The van der Waals surface area contributed by atoms with Crippen LogP contribution < -0.4 is 5.32 Å². The number of aliphatic hydroxyl groups is 1. The third kappa shape index (κ3) is 4.91. The molecule has 4 nitrogen and oxygen atoms in total. The summed E-state index contributed by atoms with van der Waals surface area (Å²) in [5, 5.41) is 13.3. The van der Waals surface area contributed by atoms with Crippen molar-refractivity contribution in [3.05, 3.63) is 24.2 Å². The summed E-state index contributed by atoms with van der Waals surface area (Å²) in [5.74, 6) is 0.600. The van der Waals surface area contributed by atoms with E-state index in [9.17, 15) is 9.90 Å².